The average Bonchev–Trinajstić information content (AvgIpc) is 2.93. The van der Waals surface area contributed by atoms with Gasteiger partial charge in [0.05, 0.1) is 25.6 Å². The molecule has 2 amide bonds. The van der Waals surface area contributed by atoms with E-state index in [0.717, 1.165) is 10.4 Å². The fraction of sp³-hybridized carbons (Fsp3) is 0.231. The molecule has 0 aliphatic heterocycles. The van der Waals surface area contributed by atoms with E-state index >= 15 is 0 Å². The Morgan fingerprint density at radius 3 is 2.28 bits per heavy atom. The third-order valence-corrected chi connectivity index (χ3v) is 8.43. The molecule has 1 N–H and O–H groups in total. The third kappa shape index (κ3) is 7.05. The van der Waals surface area contributed by atoms with E-state index in [-0.39, 0.29) is 34.3 Å². The molecular formula is C26H26Cl2N4O6S. The van der Waals surface area contributed by atoms with E-state index in [1.807, 2.05) is 0 Å². The third-order valence-electron chi connectivity index (χ3n) is 5.91. The standard InChI is InChI=1S/C26H26Cl2N4O6S/c1-3-24(26(34)29-2)30(16-18-12-13-22(27)23(28)14-18)25(33)17-31(19-8-7-9-20(15-19)32(35)36)39(37,38)21-10-5-4-6-11-21/h4-15,24H,3,16-17H2,1-2H3,(H,29,34)/t24-/m0/s1. The Morgan fingerprint density at radius 1 is 1.00 bits per heavy atom. The summed E-state index contributed by atoms with van der Waals surface area (Å²) in [5, 5.41) is 14.5. The molecule has 1 atom stereocenters. The number of carbonyl (C=O) groups excluding carboxylic acids is 2. The Bertz CT molecular complexity index is 1470. The van der Waals surface area contributed by atoms with Crippen LogP contribution in [0.4, 0.5) is 11.4 Å². The largest absolute Gasteiger partial charge is 0.357 e. The smallest absolute Gasteiger partial charge is 0.271 e. The molecule has 0 radical (unpaired) electrons. The minimum atomic E-state index is -4.34. The Kier molecular flexibility index (Phi) is 9.90. The van der Waals surface area contributed by atoms with Crippen LogP contribution in [-0.4, -0.2) is 49.7 Å². The van der Waals surface area contributed by atoms with Gasteiger partial charge in [0.2, 0.25) is 11.8 Å². The van der Waals surface area contributed by atoms with Crippen LogP contribution in [0.5, 0.6) is 0 Å². The number of nitrogens with one attached hydrogen (secondary N) is 1. The van der Waals surface area contributed by atoms with Crippen molar-refractivity contribution in [3.8, 4) is 0 Å². The summed E-state index contributed by atoms with van der Waals surface area (Å²) >= 11 is 12.2. The fourth-order valence-corrected chi connectivity index (χ4v) is 5.68. The summed E-state index contributed by atoms with van der Waals surface area (Å²) in [5.74, 6) is -1.15. The number of anilines is 1. The normalized spacial score (nSPS) is 11.9. The molecule has 3 aromatic rings. The van der Waals surface area contributed by atoms with E-state index in [4.69, 9.17) is 23.2 Å². The highest BCUT2D eigenvalue weighted by Crippen LogP contribution is 2.28. The molecule has 3 rings (SSSR count). The van der Waals surface area contributed by atoms with Crippen molar-refractivity contribution < 1.29 is 22.9 Å². The quantitative estimate of drug-likeness (QED) is 0.255. The van der Waals surface area contributed by atoms with E-state index in [1.54, 1.807) is 31.2 Å². The second-order valence-corrected chi connectivity index (χ2v) is 11.1. The molecule has 0 unspecified atom stereocenters. The van der Waals surface area contributed by atoms with Gasteiger partial charge in [-0.05, 0) is 42.3 Å². The van der Waals surface area contributed by atoms with Gasteiger partial charge >= 0.3 is 0 Å². The maximum atomic E-state index is 13.8. The molecule has 10 nitrogen and oxygen atoms in total. The van der Waals surface area contributed by atoms with Crippen molar-refractivity contribution in [1.29, 1.82) is 0 Å². The van der Waals surface area contributed by atoms with Gasteiger partial charge in [0.25, 0.3) is 15.7 Å². The van der Waals surface area contributed by atoms with Gasteiger partial charge in [-0.3, -0.25) is 24.0 Å². The first-order valence-corrected chi connectivity index (χ1v) is 14.0. The van der Waals surface area contributed by atoms with E-state index in [1.165, 1.54) is 54.4 Å². The maximum absolute atomic E-state index is 13.8. The van der Waals surface area contributed by atoms with Crippen molar-refractivity contribution in [2.75, 3.05) is 17.9 Å². The molecule has 0 saturated carbocycles. The number of benzene rings is 3. The average molecular weight is 593 g/mol. The van der Waals surface area contributed by atoms with Gasteiger partial charge < -0.3 is 10.2 Å². The minimum Gasteiger partial charge on any atom is -0.357 e. The van der Waals surface area contributed by atoms with Gasteiger partial charge in [0, 0.05) is 25.7 Å². The number of likely N-dealkylation sites (N-methyl/N-ethyl adjacent to an activating group) is 1. The number of hydrogen-bond acceptors (Lipinski definition) is 6. The molecule has 0 bridgehead atoms. The summed E-state index contributed by atoms with van der Waals surface area (Å²) in [6.07, 6.45) is 0.231. The fourth-order valence-electron chi connectivity index (χ4n) is 3.93. The highest BCUT2D eigenvalue weighted by molar-refractivity contribution is 7.92. The lowest BCUT2D eigenvalue weighted by Crippen LogP contribution is -2.51. The Hall–Kier alpha value is -3.67. The molecule has 0 aliphatic rings. The van der Waals surface area contributed by atoms with Crippen molar-refractivity contribution >= 4 is 56.4 Å². The van der Waals surface area contributed by atoms with Gasteiger partial charge in [0.1, 0.15) is 12.6 Å². The van der Waals surface area contributed by atoms with Crippen molar-refractivity contribution in [3.63, 3.8) is 0 Å². The van der Waals surface area contributed by atoms with Gasteiger partial charge in [-0.25, -0.2) is 8.42 Å². The molecule has 206 valence electrons. The summed E-state index contributed by atoms with van der Waals surface area (Å²) in [5.41, 5.74) is 0.134. The van der Waals surface area contributed by atoms with Gasteiger partial charge in [-0.15, -0.1) is 0 Å². The van der Waals surface area contributed by atoms with Gasteiger partial charge in [0.15, 0.2) is 0 Å². The second kappa shape index (κ2) is 12.9. The van der Waals surface area contributed by atoms with Gasteiger partial charge in [-0.2, -0.15) is 0 Å². The Morgan fingerprint density at radius 2 is 1.69 bits per heavy atom. The minimum absolute atomic E-state index is 0.0736. The summed E-state index contributed by atoms with van der Waals surface area (Å²) in [7, 11) is -2.91. The number of non-ortho nitro benzene ring substituents is 1. The van der Waals surface area contributed by atoms with Crippen molar-refractivity contribution in [2.24, 2.45) is 0 Å². The number of halogens is 2. The molecule has 0 saturated heterocycles. The molecule has 39 heavy (non-hydrogen) atoms. The van der Waals surface area contributed by atoms with Crippen LogP contribution in [0.25, 0.3) is 0 Å². The van der Waals surface area contributed by atoms with Crippen LogP contribution in [0.3, 0.4) is 0 Å². The summed E-state index contributed by atoms with van der Waals surface area (Å²) in [6, 6.07) is 16.2. The highest BCUT2D eigenvalue weighted by atomic mass is 35.5. The van der Waals surface area contributed by atoms with Gasteiger partial charge in [-0.1, -0.05) is 60.5 Å². The molecule has 0 aromatic heterocycles. The Balaban J connectivity index is 2.10. The molecule has 3 aromatic carbocycles. The van der Waals surface area contributed by atoms with Crippen LogP contribution in [0.2, 0.25) is 10.0 Å². The molecule has 0 heterocycles. The van der Waals surface area contributed by atoms with E-state index in [2.05, 4.69) is 5.32 Å². The SMILES string of the molecule is CC[C@@H](C(=O)NC)N(Cc1ccc(Cl)c(Cl)c1)C(=O)CN(c1cccc([N+](=O)[O-])c1)S(=O)(=O)c1ccccc1. The lowest BCUT2D eigenvalue weighted by molar-refractivity contribution is -0.384. The molecular weight excluding hydrogens is 567 g/mol. The highest BCUT2D eigenvalue weighted by Gasteiger charge is 2.33. The van der Waals surface area contributed by atoms with Crippen LogP contribution >= 0.6 is 23.2 Å². The predicted octanol–water partition coefficient (Wildman–Crippen LogP) is 4.65. The van der Waals surface area contributed by atoms with Crippen LogP contribution in [0.15, 0.2) is 77.7 Å². The number of nitrogens with zero attached hydrogens (tertiary/aromatic N) is 3. The molecule has 0 aliphatic carbocycles. The summed E-state index contributed by atoms with van der Waals surface area (Å²) < 4.78 is 28.2. The second-order valence-electron chi connectivity index (χ2n) is 8.41. The maximum Gasteiger partial charge on any atom is 0.271 e. The zero-order chi connectivity index (χ0) is 28.7. The first-order chi connectivity index (χ1) is 18.5. The van der Waals surface area contributed by atoms with Crippen LogP contribution in [0, 0.1) is 10.1 Å². The number of nitro groups is 1. The number of amides is 2. The topological polar surface area (TPSA) is 130 Å². The number of hydrogen-bond donors (Lipinski definition) is 1. The summed E-state index contributed by atoms with van der Waals surface area (Å²) in [4.78, 5) is 38.5. The van der Waals surface area contributed by atoms with Crippen LogP contribution in [0.1, 0.15) is 18.9 Å². The zero-order valence-electron chi connectivity index (χ0n) is 21.1. The molecule has 0 spiro atoms. The lowest BCUT2D eigenvalue weighted by Gasteiger charge is -2.33. The van der Waals surface area contributed by atoms with Crippen LogP contribution in [-0.2, 0) is 26.2 Å². The van der Waals surface area contributed by atoms with E-state index in [0.29, 0.717) is 10.6 Å². The summed E-state index contributed by atoms with van der Waals surface area (Å²) in [6.45, 7) is 0.914. The molecule has 0 fully saturated rings. The van der Waals surface area contributed by atoms with E-state index in [9.17, 15) is 28.1 Å². The van der Waals surface area contributed by atoms with Crippen molar-refractivity contribution in [3.05, 3.63) is 98.5 Å². The van der Waals surface area contributed by atoms with Crippen LogP contribution < -0.4 is 9.62 Å². The van der Waals surface area contributed by atoms with Crippen molar-refractivity contribution in [1.82, 2.24) is 10.2 Å². The predicted molar refractivity (Wildman–Crippen MR) is 149 cm³/mol. The first kappa shape index (κ1) is 29.9. The number of rotatable bonds is 11. The van der Waals surface area contributed by atoms with Crippen molar-refractivity contribution in [2.45, 2.75) is 30.8 Å². The number of sulfonamides is 1. The Labute approximate surface area is 236 Å². The zero-order valence-corrected chi connectivity index (χ0v) is 23.4. The number of nitro benzene ring substituents is 1. The first-order valence-electron chi connectivity index (χ1n) is 11.8. The molecule has 13 heteroatoms. The van der Waals surface area contributed by atoms with E-state index < -0.39 is 39.3 Å². The number of carbonyl (C=O) groups is 2. The lowest BCUT2D eigenvalue weighted by atomic mass is 10.1. The monoisotopic (exact) mass is 592 g/mol.